The molecule has 122 valence electrons. The van der Waals surface area contributed by atoms with Gasteiger partial charge in [0.2, 0.25) is 5.89 Å². The third kappa shape index (κ3) is 4.31. The molecule has 6 nitrogen and oxygen atoms in total. The van der Waals surface area contributed by atoms with E-state index in [-0.39, 0.29) is 6.03 Å². The van der Waals surface area contributed by atoms with E-state index in [0.29, 0.717) is 24.2 Å². The van der Waals surface area contributed by atoms with Gasteiger partial charge in [-0.05, 0) is 30.7 Å². The average Bonchev–Trinajstić information content (AvgIpc) is 2.99. The van der Waals surface area contributed by atoms with Crippen LogP contribution in [-0.4, -0.2) is 34.2 Å². The smallest absolute Gasteiger partial charge is 0.317 e. The lowest BCUT2D eigenvalue weighted by atomic mass is 9.91. The highest BCUT2D eigenvalue weighted by atomic mass is 16.5. The number of carbonyl (C=O) groups is 1. The highest BCUT2D eigenvalue weighted by molar-refractivity contribution is 5.74. The summed E-state index contributed by atoms with van der Waals surface area (Å²) >= 11 is 0. The second-order valence-corrected chi connectivity index (χ2v) is 6.03. The average molecular weight is 314 g/mol. The van der Waals surface area contributed by atoms with Gasteiger partial charge in [0.1, 0.15) is 0 Å². The molecule has 2 aromatic rings. The Hall–Kier alpha value is -2.37. The number of aromatic nitrogens is 2. The highest BCUT2D eigenvalue weighted by Crippen LogP contribution is 2.20. The molecule has 2 amide bonds. The van der Waals surface area contributed by atoms with Crippen molar-refractivity contribution in [1.82, 2.24) is 20.4 Å². The zero-order valence-corrected chi connectivity index (χ0v) is 13.4. The van der Waals surface area contributed by atoms with Gasteiger partial charge in [0, 0.05) is 20.0 Å². The first kappa shape index (κ1) is 15.5. The minimum absolute atomic E-state index is 0.0507. The summed E-state index contributed by atoms with van der Waals surface area (Å²) < 4.78 is 4.90. The summed E-state index contributed by atoms with van der Waals surface area (Å²) in [5, 5.41) is 6.65. The van der Waals surface area contributed by atoms with E-state index in [1.54, 1.807) is 6.92 Å². The topological polar surface area (TPSA) is 71.3 Å². The SMILES string of the molecule is Cc1nc(CNC(=O)N2CCCC(Cc3ccccc3)C2)no1. The van der Waals surface area contributed by atoms with E-state index in [9.17, 15) is 4.79 Å². The molecule has 0 saturated carbocycles. The second-order valence-electron chi connectivity index (χ2n) is 6.03. The lowest BCUT2D eigenvalue weighted by molar-refractivity contribution is 0.164. The molecule has 23 heavy (non-hydrogen) atoms. The van der Waals surface area contributed by atoms with E-state index < -0.39 is 0 Å². The zero-order chi connectivity index (χ0) is 16.1. The predicted octanol–water partition coefficient (Wildman–Crippen LogP) is 2.54. The van der Waals surface area contributed by atoms with Crippen LogP contribution in [0.4, 0.5) is 4.79 Å². The van der Waals surface area contributed by atoms with Gasteiger partial charge in [0.05, 0.1) is 6.54 Å². The first-order valence-corrected chi connectivity index (χ1v) is 8.06. The minimum Gasteiger partial charge on any atom is -0.340 e. The van der Waals surface area contributed by atoms with Crippen LogP contribution in [0.25, 0.3) is 0 Å². The van der Waals surface area contributed by atoms with E-state index in [1.165, 1.54) is 12.0 Å². The predicted molar refractivity (Wildman–Crippen MR) is 85.7 cm³/mol. The fraction of sp³-hybridized carbons (Fsp3) is 0.471. The highest BCUT2D eigenvalue weighted by Gasteiger charge is 2.23. The van der Waals surface area contributed by atoms with Crippen molar-refractivity contribution in [2.24, 2.45) is 5.92 Å². The van der Waals surface area contributed by atoms with Gasteiger partial charge in [-0.3, -0.25) is 0 Å². The molecule has 1 saturated heterocycles. The zero-order valence-electron chi connectivity index (χ0n) is 13.4. The molecule has 1 aromatic carbocycles. The van der Waals surface area contributed by atoms with E-state index in [0.717, 1.165) is 25.9 Å². The van der Waals surface area contributed by atoms with Crippen molar-refractivity contribution in [3.8, 4) is 0 Å². The number of hydrogen-bond acceptors (Lipinski definition) is 4. The maximum Gasteiger partial charge on any atom is 0.317 e. The van der Waals surface area contributed by atoms with Gasteiger partial charge in [0.15, 0.2) is 5.82 Å². The van der Waals surface area contributed by atoms with Gasteiger partial charge >= 0.3 is 6.03 Å². The molecule has 1 fully saturated rings. The molecule has 0 spiro atoms. The van der Waals surface area contributed by atoms with Gasteiger partial charge in [-0.25, -0.2) is 4.79 Å². The van der Waals surface area contributed by atoms with Crippen LogP contribution in [0.5, 0.6) is 0 Å². The van der Waals surface area contributed by atoms with Crippen molar-refractivity contribution in [2.75, 3.05) is 13.1 Å². The van der Waals surface area contributed by atoms with Gasteiger partial charge in [-0.2, -0.15) is 4.98 Å². The molecule has 6 heteroatoms. The quantitative estimate of drug-likeness (QED) is 0.941. The number of benzene rings is 1. The number of likely N-dealkylation sites (tertiary alicyclic amines) is 1. The Labute approximate surface area is 135 Å². The third-order valence-corrected chi connectivity index (χ3v) is 4.14. The number of aryl methyl sites for hydroxylation is 1. The Morgan fingerprint density at radius 1 is 1.39 bits per heavy atom. The van der Waals surface area contributed by atoms with Crippen molar-refractivity contribution < 1.29 is 9.32 Å². The number of nitrogens with one attached hydrogen (secondary N) is 1. The van der Waals surface area contributed by atoms with E-state index in [2.05, 4.69) is 39.7 Å². The van der Waals surface area contributed by atoms with Crippen molar-refractivity contribution in [3.63, 3.8) is 0 Å². The number of hydrogen-bond donors (Lipinski definition) is 1. The number of piperidine rings is 1. The van der Waals surface area contributed by atoms with Crippen molar-refractivity contribution >= 4 is 6.03 Å². The van der Waals surface area contributed by atoms with Crippen LogP contribution in [0.15, 0.2) is 34.9 Å². The molecule has 2 heterocycles. The molecule has 1 N–H and O–H groups in total. The summed E-state index contributed by atoms with van der Waals surface area (Å²) in [5.74, 6) is 1.54. The summed E-state index contributed by atoms with van der Waals surface area (Å²) in [6.07, 6.45) is 3.24. The van der Waals surface area contributed by atoms with E-state index in [1.807, 2.05) is 11.0 Å². The first-order valence-electron chi connectivity index (χ1n) is 8.06. The largest absolute Gasteiger partial charge is 0.340 e. The van der Waals surface area contributed by atoms with Crippen LogP contribution in [0.3, 0.4) is 0 Å². The molecule has 1 unspecified atom stereocenters. The maximum absolute atomic E-state index is 12.3. The molecule has 0 aliphatic carbocycles. The third-order valence-electron chi connectivity index (χ3n) is 4.14. The van der Waals surface area contributed by atoms with Gasteiger partial charge in [0.25, 0.3) is 0 Å². The summed E-state index contributed by atoms with van der Waals surface area (Å²) in [6.45, 7) is 3.64. The van der Waals surface area contributed by atoms with E-state index in [4.69, 9.17) is 4.52 Å². The van der Waals surface area contributed by atoms with Gasteiger partial charge in [-0.1, -0.05) is 35.5 Å². The Morgan fingerprint density at radius 2 is 2.22 bits per heavy atom. The van der Waals surface area contributed by atoms with Crippen LogP contribution in [0.2, 0.25) is 0 Å². The Kier molecular flexibility index (Phi) is 4.90. The summed E-state index contributed by atoms with van der Waals surface area (Å²) in [5.41, 5.74) is 1.34. The fourth-order valence-corrected chi connectivity index (χ4v) is 3.04. The maximum atomic E-state index is 12.3. The summed E-state index contributed by atoms with van der Waals surface area (Å²) in [7, 11) is 0. The monoisotopic (exact) mass is 314 g/mol. The molecular formula is C17H22N4O2. The first-order chi connectivity index (χ1) is 11.2. The number of rotatable bonds is 4. The van der Waals surface area contributed by atoms with Crippen molar-refractivity contribution in [3.05, 3.63) is 47.6 Å². The lowest BCUT2D eigenvalue weighted by Crippen LogP contribution is -2.45. The summed E-state index contributed by atoms with van der Waals surface area (Å²) in [4.78, 5) is 18.3. The van der Waals surface area contributed by atoms with Gasteiger partial charge in [-0.15, -0.1) is 0 Å². The number of amides is 2. The molecule has 0 radical (unpaired) electrons. The molecule has 0 bridgehead atoms. The van der Waals surface area contributed by atoms with Crippen LogP contribution in [0.1, 0.15) is 30.1 Å². The van der Waals surface area contributed by atoms with Crippen molar-refractivity contribution in [1.29, 1.82) is 0 Å². The fourth-order valence-electron chi connectivity index (χ4n) is 3.04. The Morgan fingerprint density at radius 3 is 2.96 bits per heavy atom. The van der Waals surface area contributed by atoms with Crippen LogP contribution >= 0.6 is 0 Å². The Bertz CT molecular complexity index is 641. The standard InChI is InChI=1S/C17H22N4O2/c1-13-19-16(20-23-13)11-18-17(22)21-9-5-8-15(12-21)10-14-6-3-2-4-7-14/h2-4,6-7,15H,5,8-12H2,1H3,(H,18,22). The molecular weight excluding hydrogens is 292 g/mol. The van der Waals surface area contributed by atoms with Crippen LogP contribution in [0, 0.1) is 12.8 Å². The van der Waals surface area contributed by atoms with Crippen molar-refractivity contribution in [2.45, 2.75) is 32.7 Å². The number of nitrogens with zero attached hydrogens (tertiary/aromatic N) is 3. The van der Waals surface area contributed by atoms with E-state index >= 15 is 0 Å². The van der Waals surface area contributed by atoms with Gasteiger partial charge < -0.3 is 14.7 Å². The molecule has 1 atom stereocenters. The Balaban J connectivity index is 1.50. The normalized spacial score (nSPS) is 18.0. The summed E-state index contributed by atoms with van der Waals surface area (Å²) in [6, 6.07) is 10.4. The van der Waals surface area contributed by atoms with Crippen LogP contribution in [-0.2, 0) is 13.0 Å². The molecule has 1 aromatic heterocycles. The second kappa shape index (κ2) is 7.26. The van der Waals surface area contributed by atoms with Crippen LogP contribution < -0.4 is 5.32 Å². The molecule has 1 aliphatic rings. The number of urea groups is 1. The lowest BCUT2D eigenvalue weighted by Gasteiger charge is -2.32. The minimum atomic E-state index is -0.0507. The number of carbonyl (C=O) groups excluding carboxylic acids is 1. The molecule has 3 rings (SSSR count). The molecule has 1 aliphatic heterocycles.